The molecular weight excluding hydrogens is 268 g/mol. The smallest absolute Gasteiger partial charge is 0.266 e. The fourth-order valence-corrected chi connectivity index (χ4v) is 3.69. The summed E-state index contributed by atoms with van der Waals surface area (Å²) in [5, 5.41) is 14.7. The molecule has 6 heteroatoms. The van der Waals surface area contributed by atoms with E-state index in [1.165, 1.54) is 0 Å². The molecule has 3 heterocycles. The maximum absolute atomic E-state index is 10.5. The Bertz CT molecular complexity index is 490. The van der Waals surface area contributed by atoms with Gasteiger partial charge in [0, 0.05) is 37.5 Å². The van der Waals surface area contributed by atoms with E-state index >= 15 is 0 Å². The van der Waals surface area contributed by atoms with Gasteiger partial charge in [0.1, 0.15) is 0 Å². The number of rotatable bonds is 2. The summed E-state index contributed by atoms with van der Waals surface area (Å²) >= 11 is 0. The van der Waals surface area contributed by atoms with Gasteiger partial charge in [-0.1, -0.05) is 13.8 Å². The van der Waals surface area contributed by atoms with E-state index in [9.17, 15) is 5.11 Å². The van der Waals surface area contributed by atoms with Gasteiger partial charge in [-0.3, -0.25) is 0 Å². The molecule has 0 unspecified atom stereocenters. The summed E-state index contributed by atoms with van der Waals surface area (Å²) in [7, 11) is 2.14. The molecule has 3 rings (SSSR count). The molecule has 0 amide bonds. The Morgan fingerprint density at radius 3 is 2.86 bits per heavy atom. The monoisotopic (exact) mass is 294 g/mol. The maximum atomic E-state index is 10.5. The van der Waals surface area contributed by atoms with Gasteiger partial charge in [-0.2, -0.15) is 4.98 Å². The van der Waals surface area contributed by atoms with Crippen molar-refractivity contribution in [2.75, 3.05) is 38.1 Å². The van der Waals surface area contributed by atoms with Crippen molar-refractivity contribution in [1.29, 1.82) is 0 Å². The number of piperidine rings is 2. The predicted octanol–water partition coefficient (Wildman–Crippen LogP) is 1.48. The van der Waals surface area contributed by atoms with Crippen LogP contribution < -0.4 is 4.90 Å². The Kier molecular flexibility index (Phi) is 3.92. The van der Waals surface area contributed by atoms with Gasteiger partial charge in [-0.05, 0) is 31.5 Å². The van der Waals surface area contributed by atoms with Crippen molar-refractivity contribution in [3.05, 3.63) is 5.89 Å². The Hall–Kier alpha value is -1.14. The zero-order valence-electron chi connectivity index (χ0n) is 13.2. The van der Waals surface area contributed by atoms with E-state index in [4.69, 9.17) is 4.52 Å². The van der Waals surface area contributed by atoms with Gasteiger partial charge in [0.15, 0.2) is 0 Å². The molecular formula is C15H26N4O2. The van der Waals surface area contributed by atoms with E-state index in [0.717, 1.165) is 45.4 Å². The maximum Gasteiger partial charge on any atom is 0.266 e. The minimum Gasteiger partial charge on any atom is -0.392 e. The third-order valence-corrected chi connectivity index (χ3v) is 4.89. The Morgan fingerprint density at radius 1 is 1.33 bits per heavy atom. The van der Waals surface area contributed by atoms with Crippen LogP contribution in [0, 0.1) is 5.41 Å². The molecule has 6 nitrogen and oxygen atoms in total. The van der Waals surface area contributed by atoms with Crippen molar-refractivity contribution in [3.63, 3.8) is 0 Å². The standard InChI is InChI=1S/C15H26N4O2/c1-11(2)13-16-14(17-21-13)19-7-4-6-15(10-19)9-18(3)8-5-12(15)20/h11-12,20H,4-10H2,1-3H3/t12-,15-/m0/s1. The molecule has 2 aliphatic heterocycles. The second-order valence-corrected chi connectivity index (χ2v) is 7.02. The minimum atomic E-state index is -0.229. The second-order valence-electron chi connectivity index (χ2n) is 7.02. The van der Waals surface area contributed by atoms with Crippen LogP contribution in [0.1, 0.15) is 44.9 Å². The van der Waals surface area contributed by atoms with Crippen LogP contribution in [0.15, 0.2) is 4.52 Å². The van der Waals surface area contributed by atoms with E-state index < -0.39 is 0 Å². The number of aromatic nitrogens is 2. The van der Waals surface area contributed by atoms with E-state index in [1.54, 1.807) is 0 Å². The number of nitrogens with zero attached hydrogens (tertiary/aromatic N) is 4. The van der Waals surface area contributed by atoms with Crippen molar-refractivity contribution in [2.24, 2.45) is 5.41 Å². The lowest BCUT2D eigenvalue weighted by Crippen LogP contribution is -2.58. The molecule has 0 aliphatic carbocycles. The molecule has 1 spiro atoms. The number of hydrogen-bond donors (Lipinski definition) is 1. The van der Waals surface area contributed by atoms with E-state index in [0.29, 0.717) is 11.8 Å². The fourth-order valence-electron chi connectivity index (χ4n) is 3.69. The minimum absolute atomic E-state index is 0.0517. The number of aliphatic hydroxyl groups is 1. The van der Waals surface area contributed by atoms with Gasteiger partial charge in [-0.15, -0.1) is 0 Å². The zero-order chi connectivity index (χ0) is 15.0. The van der Waals surface area contributed by atoms with Crippen LogP contribution in [0.5, 0.6) is 0 Å². The Morgan fingerprint density at radius 2 is 2.14 bits per heavy atom. The molecule has 0 saturated carbocycles. The molecule has 118 valence electrons. The fraction of sp³-hybridized carbons (Fsp3) is 0.867. The first-order chi connectivity index (χ1) is 10.00. The lowest BCUT2D eigenvalue weighted by Gasteiger charge is -2.50. The van der Waals surface area contributed by atoms with Crippen molar-refractivity contribution in [3.8, 4) is 0 Å². The van der Waals surface area contributed by atoms with Gasteiger partial charge in [-0.25, -0.2) is 0 Å². The van der Waals surface area contributed by atoms with Crippen molar-refractivity contribution < 1.29 is 9.63 Å². The zero-order valence-corrected chi connectivity index (χ0v) is 13.2. The highest BCUT2D eigenvalue weighted by Crippen LogP contribution is 2.39. The van der Waals surface area contributed by atoms with Gasteiger partial charge in [0.05, 0.1) is 6.10 Å². The molecule has 1 N–H and O–H groups in total. The summed E-state index contributed by atoms with van der Waals surface area (Å²) in [5.41, 5.74) is -0.0517. The lowest BCUT2D eigenvalue weighted by atomic mass is 9.72. The van der Waals surface area contributed by atoms with Crippen LogP contribution in [0.4, 0.5) is 5.95 Å². The molecule has 2 aliphatic rings. The molecule has 21 heavy (non-hydrogen) atoms. The average Bonchev–Trinajstić information content (AvgIpc) is 2.94. The van der Waals surface area contributed by atoms with E-state index in [1.807, 2.05) is 0 Å². The number of aliphatic hydroxyl groups excluding tert-OH is 1. The summed E-state index contributed by atoms with van der Waals surface area (Å²) in [4.78, 5) is 9.02. The number of anilines is 1. The van der Waals surface area contributed by atoms with Crippen LogP contribution in [0.3, 0.4) is 0 Å². The first kappa shape index (κ1) is 14.8. The highest BCUT2D eigenvalue weighted by molar-refractivity contribution is 5.30. The third kappa shape index (κ3) is 2.79. The highest BCUT2D eigenvalue weighted by Gasteiger charge is 2.45. The molecule has 2 fully saturated rings. The molecule has 0 bridgehead atoms. The topological polar surface area (TPSA) is 65.6 Å². The molecule has 2 atom stereocenters. The summed E-state index contributed by atoms with van der Waals surface area (Å²) in [6.07, 6.45) is 2.77. The summed E-state index contributed by atoms with van der Waals surface area (Å²) in [5.74, 6) is 1.61. The van der Waals surface area contributed by atoms with Gasteiger partial charge < -0.3 is 19.4 Å². The van der Waals surface area contributed by atoms with Crippen LogP contribution in [0.2, 0.25) is 0 Å². The van der Waals surface area contributed by atoms with Crippen molar-refractivity contribution >= 4 is 5.95 Å². The average molecular weight is 294 g/mol. The Labute approximate surface area is 126 Å². The Balaban J connectivity index is 1.78. The molecule has 2 saturated heterocycles. The molecule has 0 aromatic carbocycles. The van der Waals surface area contributed by atoms with Crippen LogP contribution >= 0.6 is 0 Å². The first-order valence-corrected chi connectivity index (χ1v) is 7.95. The molecule has 1 aromatic heterocycles. The SMILES string of the molecule is CC(C)c1nc(N2CCC[C@]3(CN(C)CC[C@@H]3O)C2)no1. The van der Waals surface area contributed by atoms with Gasteiger partial charge >= 0.3 is 0 Å². The van der Waals surface area contributed by atoms with Gasteiger partial charge in [0.25, 0.3) is 5.95 Å². The third-order valence-electron chi connectivity index (χ3n) is 4.89. The number of likely N-dealkylation sites (tertiary alicyclic amines) is 1. The highest BCUT2D eigenvalue weighted by atomic mass is 16.5. The summed E-state index contributed by atoms with van der Waals surface area (Å²) < 4.78 is 5.33. The predicted molar refractivity (Wildman–Crippen MR) is 80.4 cm³/mol. The molecule has 0 radical (unpaired) electrons. The number of hydrogen-bond acceptors (Lipinski definition) is 6. The first-order valence-electron chi connectivity index (χ1n) is 7.95. The van der Waals surface area contributed by atoms with Crippen molar-refractivity contribution in [2.45, 2.75) is 45.1 Å². The lowest BCUT2D eigenvalue weighted by molar-refractivity contribution is -0.0468. The van der Waals surface area contributed by atoms with Gasteiger partial charge in [0.2, 0.25) is 5.89 Å². The van der Waals surface area contributed by atoms with Crippen LogP contribution in [-0.2, 0) is 0 Å². The summed E-state index contributed by atoms with van der Waals surface area (Å²) in [6.45, 7) is 7.77. The summed E-state index contributed by atoms with van der Waals surface area (Å²) in [6, 6.07) is 0. The molecule has 1 aromatic rings. The van der Waals surface area contributed by atoms with E-state index in [-0.39, 0.29) is 17.4 Å². The van der Waals surface area contributed by atoms with E-state index in [2.05, 4.69) is 40.8 Å². The largest absolute Gasteiger partial charge is 0.392 e. The second kappa shape index (κ2) is 5.57. The van der Waals surface area contributed by atoms with Crippen LogP contribution in [-0.4, -0.2) is 59.5 Å². The normalized spacial score (nSPS) is 31.3. The van der Waals surface area contributed by atoms with Crippen LogP contribution in [0.25, 0.3) is 0 Å². The van der Waals surface area contributed by atoms with Crippen molar-refractivity contribution in [1.82, 2.24) is 15.0 Å². The quantitative estimate of drug-likeness (QED) is 0.891.